The molecule has 0 amide bonds. The standard InChI is InChI=1S/C16H15BrFN/c17-13-6-11(7-14(18)8-13)10-19-16-9-15(16)12-4-2-1-3-5-12/h1-8,15-16,19H,9-10H2. The maximum atomic E-state index is 13.3. The molecule has 0 spiro atoms. The Labute approximate surface area is 121 Å². The van der Waals surface area contributed by atoms with Gasteiger partial charge < -0.3 is 5.32 Å². The van der Waals surface area contributed by atoms with Gasteiger partial charge in [0.05, 0.1) is 0 Å². The van der Waals surface area contributed by atoms with Crippen molar-refractivity contribution in [2.75, 3.05) is 0 Å². The molecule has 2 aromatic carbocycles. The van der Waals surface area contributed by atoms with Crippen molar-refractivity contribution in [2.45, 2.75) is 24.9 Å². The molecule has 0 aromatic heterocycles. The first-order valence-electron chi connectivity index (χ1n) is 6.45. The average molecular weight is 320 g/mol. The number of halogens is 2. The number of nitrogens with one attached hydrogen (secondary N) is 1. The van der Waals surface area contributed by atoms with Gasteiger partial charge >= 0.3 is 0 Å². The second kappa shape index (κ2) is 5.43. The molecule has 1 fully saturated rings. The Morgan fingerprint density at radius 2 is 1.95 bits per heavy atom. The zero-order valence-corrected chi connectivity index (χ0v) is 12.0. The van der Waals surface area contributed by atoms with E-state index >= 15 is 0 Å². The second-order valence-electron chi connectivity index (χ2n) is 5.02. The minimum absolute atomic E-state index is 0.193. The quantitative estimate of drug-likeness (QED) is 0.889. The van der Waals surface area contributed by atoms with Gasteiger partial charge in [0.25, 0.3) is 0 Å². The lowest BCUT2D eigenvalue weighted by molar-refractivity contribution is 0.617. The van der Waals surface area contributed by atoms with Gasteiger partial charge in [-0.25, -0.2) is 4.39 Å². The summed E-state index contributed by atoms with van der Waals surface area (Å²) in [5, 5.41) is 3.49. The first-order chi connectivity index (χ1) is 9.22. The average Bonchev–Trinajstić information content (AvgIpc) is 3.16. The molecule has 19 heavy (non-hydrogen) atoms. The second-order valence-corrected chi connectivity index (χ2v) is 5.93. The van der Waals surface area contributed by atoms with E-state index in [1.807, 2.05) is 12.1 Å². The van der Waals surface area contributed by atoms with Gasteiger partial charge in [-0.2, -0.15) is 0 Å². The zero-order valence-electron chi connectivity index (χ0n) is 10.4. The van der Waals surface area contributed by atoms with Gasteiger partial charge in [-0.05, 0) is 35.7 Å². The van der Waals surface area contributed by atoms with Gasteiger partial charge in [0.15, 0.2) is 0 Å². The maximum Gasteiger partial charge on any atom is 0.124 e. The van der Waals surface area contributed by atoms with Gasteiger partial charge in [-0.3, -0.25) is 0 Å². The SMILES string of the molecule is Fc1cc(Br)cc(CNC2CC2c2ccccc2)c1. The van der Waals surface area contributed by atoms with Crippen LogP contribution in [0.5, 0.6) is 0 Å². The molecule has 2 unspecified atom stereocenters. The van der Waals surface area contributed by atoms with Crippen LogP contribution in [0.4, 0.5) is 4.39 Å². The van der Waals surface area contributed by atoms with E-state index in [0.717, 1.165) is 10.0 Å². The highest BCUT2D eigenvalue weighted by molar-refractivity contribution is 9.10. The van der Waals surface area contributed by atoms with Crippen LogP contribution in [0.3, 0.4) is 0 Å². The number of hydrogen-bond acceptors (Lipinski definition) is 1. The van der Waals surface area contributed by atoms with E-state index in [9.17, 15) is 4.39 Å². The topological polar surface area (TPSA) is 12.0 Å². The fraction of sp³-hybridized carbons (Fsp3) is 0.250. The van der Waals surface area contributed by atoms with Gasteiger partial charge in [0.1, 0.15) is 5.82 Å². The molecule has 2 aromatic rings. The Kier molecular flexibility index (Phi) is 3.67. The van der Waals surface area contributed by atoms with E-state index in [1.54, 1.807) is 6.07 Å². The van der Waals surface area contributed by atoms with Crippen LogP contribution in [0.15, 0.2) is 53.0 Å². The number of rotatable bonds is 4. The molecule has 3 rings (SSSR count). The lowest BCUT2D eigenvalue weighted by Gasteiger charge is -2.06. The molecular formula is C16H15BrFN. The molecule has 1 nitrogen and oxygen atoms in total. The molecule has 0 radical (unpaired) electrons. The number of benzene rings is 2. The summed E-state index contributed by atoms with van der Waals surface area (Å²) in [4.78, 5) is 0. The van der Waals surface area contributed by atoms with Crippen molar-refractivity contribution in [3.8, 4) is 0 Å². The minimum atomic E-state index is -0.193. The molecule has 2 atom stereocenters. The minimum Gasteiger partial charge on any atom is -0.309 e. The van der Waals surface area contributed by atoms with Gasteiger partial charge in [0, 0.05) is 23.0 Å². The van der Waals surface area contributed by atoms with Gasteiger partial charge in [-0.1, -0.05) is 46.3 Å². The van der Waals surface area contributed by atoms with E-state index in [1.165, 1.54) is 18.1 Å². The summed E-state index contributed by atoms with van der Waals surface area (Å²) >= 11 is 3.32. The normalized spacial score (nSPS) is 21.4. The largest absolute Gasteiger partial charge is 0.309 e. The highest BCUT2D eigenvalue weighted by atomic mass is 79.9. The van der Waals surface area contributed by atoms with Crippen LogP contribution in [0.1, 0.15) is 23.5 Å². The highest BCUT2D eigenvalue weighted by Gasteiger charge is 2.37. The maximum absolute atomic E-state index is 13.3. The Morgan fingerprint density at radius 3 is 2.68 bits per heavy atom. The summed E-state index contributed by atoms with van der Waals surface area (Å²) in [5.41, 5.74) is 2.37. The van der Waals surface area contributed by atoms with Gasteiger partial charge in [-0.15, -0.1) is 0 Å². The smallest absolute Gasteiger partial charge is 0.124 e. The molecule has 1 N–H and O–H groups in total. The summed E-state index contributed by atoms with van der Waals surface area (Å²) < 4.78 is 14.0. The Hall–Kier alpha value is -1.19. The van der Waals surface area contributed by atoms with Gasteiger partial charge in [0.2, 0.25) is 0 Å². The predicted octanol–water partition coefficient (Wildman–Crippen LogP) is 4.23. The molecule has 0 aliphatic heterocycles. The van der Waals surface area contributed by atoms with E-state index in [4.69, 9.17) is 0 Å². The van der Waals surface area contributed by atoms with Crippen molar-refractivity contribution in [3.63, 3.8) is 0 Å². The fourth-order valence-electron chi connectivity index (χ4n) is 2.45. The van der Waals surface area contributed by atoms with Crippen molar-refractivity contribution in [2.24, 2.45) is 0 Å². The van der Waals surface area contributed by atoms with Crippen LogP contribution >= 0.6 is 15.9 Å². The molecule has 1 saturated carbocycles. The van der Waals surface area contributed by atoms with Crippen molar-refractivity contribution >= 4 is 15.9 Å². The van der Waals surface area contributed by atoms with Crippen molar-refractivity contribution < 1.29 is 4.39 Å². The van der Waals surface area contributed by atoms with E-state index in [-0.39, 0.29) is 5.82 Å². The predicted molar refractivity (Wildman–Crippen MR) is 78.5 cm³/mol. The molecule has 0 bridgehead atoms. The van der Waals surface area contributed by atoms with Crippen LogP contribution in [0, 0.1) is 5.82 Å². The Bertz CT molecular complexity index is 550. The van der Waals surface area contributed by atoms with Crippen LogP contribution < -0.4 is 5.32 Å². The Morgan fingerprint density at radius 1 is 1.16 bits per heavy atom. The van der Waals surface area contributed by atoms with E-state index in [2.05, 4.69) is 45.5 Å². The van der Waals surface area contributed by atoms with Crippen molar-refractivity contribution in [3.05, 3.63) is 69.9 Å². The molecule has 98 valence electrons. The first-order valence-corrected chi connectivity index (χ1v) is 7.25. The van der Waals surface area contributed by atoms with Crippen LogP contribution in [0.2, 0.25) is 0 Å². The molecule has 1 aliphatic carbocycles. The summed E-state index contributed by atoms with van der Waals surface area (Å²) in [7, 11) is 0. The highest BCUT2D eigenvalue weighted by Crippen LogP contribution is 2.40. The molecule has 1 aliphatic rings. The molecule has 0 heterocycles. The van der Waals surface area contributed by atoms with Crippen molar-refractivity contribution in [1.29, 1.82) is 0 Å². The summed E-state index contributed by atoms with van der Waals surface area (Å²) in [6.45, 7) is 0.713. The third-order valence-electron chi connectivity index (χ3n) is 3.51. The first kappa shape index (κ1) is 12.8. The molecule has 3 heteroatoms. The third kappa shape index (κ3) is 3.23. The summed E-state index contributed by atoms with van der Waals surface area (Å²) in [5.74, 6) is 0.416. The summed E-state index contributed by atoms with van der Waals surface area (Å²) in [6.07, 6.45) is 1.17. The van der Waals surface area contributed by atoms with Crippen LogP contribution in [-0.2, 0) is 6.54 Å². The van der Waals surface area contributed by atoms with Crippen molar-refractivity contribution in [1.82, 2.24) is 5.32 Å². The third-order valence-corrected chi connectivity index (χ3v) is 3.97. The van der Waals surface area contributed by atoms with Crippen LogP contribution in [-0.4, -0.2) is 6.04 Å². The van der Waals surface area contributed by atoms with E-state index < -0.39 is 0 Å². The monoisotopic (exact) mass is 319 g/mol. The lowest BCUT2D eigenvalue weighted by atomic mass is 10.1. The Balaban J connectivity index is 1.57. The van der Waals surface area contributed by atoms with Crippen LogP contribution in [0.25, 0.3) is 0 Å². The summed E-state index contributed by atoms with van der Waals surface area (Å²) in [6, 6.07) is 16.1. The van der Waals surface area contributed by atoms with E-state index in [0.29, 0.717) is 18.5 Å². The molecular weight excluding hydrogens is 305 g/mol. The fourth-order valence-corrected chi connectivity index (χ4v) is 2.96. The molecule has 0 saturated heterocycles. The zero-order chi connectivity index (χ0) is 13.2. The number of hydrogen-bond donors (Lipinski definition) is 1. The lowest BCUT2D eigenvalue weighted by Crippen LogP contribution is -2.17.